The maximum atomic E-state index is 13.0. The lowest BCUT2D eigenvalue weighted by Crippen LogP contribution is -2.17. The summed E-state index contributed by atoms with van der Waals surface area (Å²) >= 11 is 1.45. The number of rotatable bonds is 5. The van der Waals surface area contributed by atoms with Crippen LogP contribution in [0.4, 0.5) is 37.8 Å². The molecule has 14 heteroatoms. The minimum absolute atomic E-state index is 0.0126. The smallest absolute Gasteiger partial charge is 0.371 e. The molecule has 162 valence electrons. The van der Waals surface area contributed by atoms with Crippen molar-refractivity contribution in [3.05, 3.63) is 34.6 Å². The lowest BCUT2D eigenvalue weighted by Gasteiger charge is -2.13. The number of anilines is 2. The molecule has 3 heterocycles. The zero-order valence-electron chi connectivity index (χ0n) is 15.3. The largest absolute Gasteiger partial charge is 0.427 e. The second-order valence-electron chi connectivity index (χ2n) is 5.77. The van der Waals surface area contributed by atoms with E-state index >= 15 is 0 Å². The minimum Gasteiger partial charge on any atom is -0.371 e. The van der Waals surface area contributed by atoms with Crippen LogP contribution in [0.5, 0.6) is 0 Å². The number of fused-ring (bicyclic) bond motifs is 1. The Morgan fingerprint density at radius 2 is 1.93 bits per heavy atom. The molecular formula is C16H13F6N5OS2. The van der Waals surface area contributed by atoms with Crippen LogP contribution in [0.3, 0.4) is 0 Å². The summed E-state index contributed by atoms with van der Waals surface area (Å²) in [5.41, 5.74) is -1.50. The van der Waals surface area contributed by atoms with Crippen LogP contribution in [0.15, 0.2) is 23.5 Å². The van der Waals surface area contributed by atoms with E-state index in [9.17, 15) is 31.1 Å². The molecule has 0 aliphatic rings. The summed E-state index contributed by atoms with van der Waals surface area (Å²) < 4.78 is 79.0. The molecule has 0 aliphatic carbocycles. The van der Waals surface area contributed by atoms with Crippen LogP contribution in [0.25, 0.3) is 4.96 Å². The highest BCUT2D eigenvalue weighted by Crippen LogP contribution is 2.38. The number of nitrogens with zero attached hydrogens (tertiary/aromatic N) is 3. The molecule has 30 heavy (non-hydrogen) atoms. The van der Waals surface area contributed by atoms with E-state index in [2.05, 4.69) is 20.6 Å². The van der Waals surface area contributed by atoms with Crippen molar-refractivity contribution in [2.45, 2.75) is 24.3 Å². The molecule has 0 radical (unpaired) electrons. The van der Waals surface area contributed by atoms with Gasteiger partial charge in [-0.15, -0.1) is 11.8 Å². The number of alkyl halides is 6. The molecule has 0 aliphatic heterocycles. The molecule has 0 saturated heterocycles. The zero-order chi connectivity index (χ0) is 22.3. The number of hydrogen-bond acceptors (Lipinski definition) is 6. The fraction of sp³-hybridized carbons (Fsp3) is 0.312. The molecule has 1 amide bonds. The van der Waals surface area contributed by atoms with Crippen molar-refractivity contribution in [1.82, 2.24) is 14.4 Å². The second kappa shape index (κ2) is 7.98. The fourth-order valence-corrected chi connectivity index (χ4v) is 4.21. The van der Waals surface area contributed by atoms with Crippen LogP contribution in [-0.4, -0.2) is 33.1 Å². The Hall–Kier alpha value is -2.48. The van der Waals surface area contributed by atoms with Crippen molar-refractivity contribution in [3.8, 4) is 0 Å². The van der Waals surface area contributed by atoms with Crippen LogP contribution >= 0.6 is 23.1 Å². The van der Waals surface area contributed by atoms with Gasteiger partial charge in [0.25, 0.3) is 5.91 Å². The van der Waals surface area contributed by atoms with E-state index in [1.165, 1.54) is 7.05 Å². The SMILES string of the molecule is CCSc1c(C(=O)Nc2cc(C(F)(F)F)cnc2NC)nc2sc(C(F)(F)F)cn12. The third-order valence-corrected chi connectivity index (χ3v) is 5.74. The van der Waals surface area contributed by atoms with Crippen LogP contribution < -0.4 is 10.6 Å². The van der Waals surface area contributed by atoms with Gasteiger partial charge in [-0.05, 0) is 11.8 Å². The Morgan fingerprint density at radius 3 is 2.50 bits per heavy atom. The standard InChI is InChI=1S/C16H13F6N5OS2/c1-3-29-13-10(26-14-27(13)6-9(30-14)16(20,21)22)12(28)25-8-4-7(15(17,18)19)5-24-11(8)23-2/h4-6H,3H2,1-2H3,(H,23,24)(H,25,28). The highest BCUT2D eigenvalue weighted by atomic mass is 32.2. The number of halogens is 6. The molecule has 0 saturated carbocycles. The van der Waals surface area contributed by atoms with E-state index in [-0.39, 0.29) is 27.2 Å². The third-order valence-electron chi connectivity index (χ3n) is 3.76. The van der Waals surface area contributed by atoms with E-state index in [0.717, 1.165) is 22.4 Å². The highest BCUT2D eigenvalue weighted by molar-refractivity contribution is 7.99. The average molecular weight is 469 g/mol. The third kappa shape index (κ3) is 4.33. The number of imidazole rings is 1. The number of thiazole rings is 1. The maximum absolute atomic E-state index is 13.0. The molecule has 0 spiro atoms. The van der Waals surface area contributed by atoms with E-state index in [4.69, 9.17) is 0 Å². The maximum Gasteiger partial charge on any atom is 0.427 e. The Kier molecular flexibility index (Phi) is 5.91. The monoisotopic (exact) mass is 469 g/mol. The molecular weight excluding hydrogens is 456 g/mol. The van der Waals surface area contributed by atoms with Gasteiger partial charge in [-0.25, -0.2) is 9.97 Å². The Morgan fingerprint density at radius 1 is 1.23 bits per heavy atom. The van der Waals surface area contributed by atoms with Gasteiger partial charge in [0.1, 0.15) is 15.7 Å². The first-order valence-electron chi connectivity index (χ1n) is 8.24. The first kappa shape index (κ1) is 22.2. The van der Waals surface area contributed by atoms with E-state index in [0.29, 0.717) is 29.4 Å². The molecule has 0 unspecified atom stereocenters. The fourth-order valence-electron chi connectivity index (χ4n) is 2.48. The summed E-state index contributed by atoms with van der Waals surface area (Å²) in [6.07, 6.45) is -7.78. The summed E-state index contributed by atoms with van der Waals surface area (Å²) in [6.45, 7) is 1.73. The summed E-state index contributed by atoms with van der Waals surface area (Å²) in [6, 6.07) is 0.712. The first-order chi connectivity index (χ1) is 14.0. The molecule has 0 fully saturated rings. The summed E-state index contributed by atoms with van der Waals surface area (Å²) in [5, 5.41) is 5.04. The Bertz CT molecular complexity index is 1090. The van der Waals surface area contributed by atoms with Crippen LogP contribution in [0, 0.1) is 0 Å². The number of carbonyl (C=O) groups excluding carboxylic acids is 1. The van der Waals surface area contributed by atoms with Crippen molar-refractivity contribution >= 4 is 45.5 Å². The predicted molar refractivity (Wildman–Crippen MR) is 101 cm³/mol. The lowest BCUT2D eigenvalue weighted by atomic mass is 10.2. The molecule has 0 atom stereocenters. The molecule has 3 aromatic heterocycles. The minimum atomic E-state index is -4.67. The first-order valence-corrected chi connectivity index (χ1v) is 10.0. The number of aromatic nitrogens is 3. The highest BCUT2D eigenvalue weighted by Gasteiger charge is 2.35. The Labute approximate surface area is 173 Å². The molecule has 3 aromatic rings. The lowest BCUT2D eigenvalue weighted by molar-refractivity contribution is -0.138. The van der Waals surface area contributed by atoms with Gasteiger partial charge < -0.3 is 10.6 Å². The van der Waals surface area contributed by atoms with Gasteiger partial charge in [-0.2, -0.15) is 26.3 Å². The van der Waals surface area contributed by atoms with Crippen LogP contribution in [0.2, 0.25) is 0 Å². The summed E-state index contributed by atoms with van der Waals surface area (Å²) in [4.78, 5) is 19.4. The number of carbonyl (C=O) groups is 1. The second-order valence-corrected chi connectivity index (χ2v) is 8.03. The summed E-state index contributed by atoms with van der Waals surface area (Å²) in [7, 11) is 1.41. The van der Waals surface area contributed by atoms with Gasteiger partial charge in [0.05, 0.1) is 11.3 Å². The summed E-state index contributed by atoms with van der Waals surface area (Å²) in [5.74, 6) is -0.451. The van der Waals surface area contributed by atoms with Crippen LogP contribution in [-0.2, 0) is 12.4 Å². The molecule has 3 rings (SSSR count). The quantitative estimate of drug-likeness (QED) is 0.395. The van der Waals surface area contributed by atoms with E-state index in [1.54, 1.807) is 6.92 Å². The van der Waals surface area contributed by atoms with Gasteiger partial charge in [-0.3, -0.25) is 9.20 Å². The van der Waals surface area contributed by atoms with E-state index in [1.807, 2.05) is 0 Å². The number of amides is 1. The normalized spacial score (nSPS) is 12.4. The zero-order valence-corrected chi connectivity index (χ0v) is 16.9. The molecule has 2 N–H and O–H groups in total. The average Bonchev–Trinajstić information content (AvgIpc) is 3.20. The van der Waals surface area contributed by atoms with Crippen molar-refractivity contribution in [3.63, 3.8) is 0 Å². The van der Waals surface area contributed by atoms with Crippen molar-refractivity contribution < 1.29 is 31.1 Å². The number of pyridine rings is 1. The van der Waals surface area contributed by atoms with E-state index < -0.39 is 28.7 Å². The van der Waals surface area contributed by atoms with Crippen molar-refractivity contribution in [2.24, 2.45) is 0 Å². The van der Waals surface area contributed by atoms with Gasteiger partial charge in [0.2, 0.25) is 0 Å². The van der Waals surface area contributed by atoms with Crippen molar-refractivity contribution in [2.75, 3.05) is 23.4 Å². The van der Waals surface area contributed by atoms with Gasteiger partial charge in [0.15, 0.2) is 10.7 Å². The number of thioether (sulfide) groups is 1. The predicted octanol–water partition coefficient (Wildman–Crippen LogP) is 5.23. The Balaban J connectivity index is 2.01. The van der Waals surface area contributed by atoms with Crippen molar-refractivity contribution in [1.29, 1.82) is 0 Å². The molecule has 0 bridgehead atoms. The molecule has 0 aromatic carbocycles. The topological polar surface area (TPSA) is 71.3 Å². The van der Waals surface area contributed by atoms with Crippen LogP contribution in [0.1, 0.15) is 27.9 Å². The number of nitrogens with one attached hydrogen (secondary N) is 2. The van der Waals surface area contributed by atoms with Gasteiger partial charge in [0, 0.05) is 19.4 Å². The van der Waals surface area contributed by atoms with Gasteiger partial charge >= 0.3 is 12.4 Å². The number of hydrogen-bond donors (Lipinski definition) is 2. The van der Waals surface area contributed by atoms with Gasteiger partial charge in [-0.1, -0.05) is 18.3 Å². The molecule has 6 nitrogen and oxygen atoms in total.